The zero-order valence-electron chi connectivity index (χ0n) is 15.2. The number of aromatic nitrogens is 2. The summed E-state index contributed by atoms with van der Waals surface area (Å²) < 4.78 is 5.10. The number of rotatable bonds is 8. The Morgan fingerprint density at radius 1 is 1.27 bits per heavy atom. The number of amides is 1. The van der Waals surface area contributed by atoms with Gasteiger partial charge in [-0.1, -0.05) is 25.6 Å². The lowest BCUT2D eigenvalue weighted by atomic mass is 10.3. The topological polar surface area (TPSA) is 84.1 Å². The number of aromatic amines is 1. The summed E-state index contributed by atoms with van der Waals surface area (Å²) >= 11 is 2.95. The third-order valence-corrected chi connectivity index (χ3v) is 5.47. The number of nitrogens with one attached hydrogen (secondary N) is 2. The number of thioether (sulfide) groups is 2. The van der Waals surface area contributed by atoms with Gasteiger partial charge >= 0.3 is 0 Å². The first-order chi connectivity index (χ1) is 12.4. The van der Waals surface area contributed by atoms with Crippen molar-refractivity contribution in [2.45, 2.75) is 42.2 Å². The van der Waals surface area contributed by atoms with Crippen LogP contribution in [0, 0.1) is 0 Å². The van der Waals surface area contributed by atoms with Gasteiger partial charge in [-0.2, -0.15) is 11.8 Å². The number of hydrogen-bond acceptors (Lipinski definition) is 6. The summed E-state index contributed by atoms with van der Waals surface area (Å²) in [5.41, 5.74) is 1.20. The molecule has 1 aromatic carbocycles. The largest absolute Gasteiger partial charge is 0.497 e. The SMILES string of the molecule is COc1ccc(NC(=O)C(C)Sc2nc(CSC(C)C)cc(=O)[nH]2)cc1. The molecule has 1 heterocycles. The average Bonchev–Trinajstić information content (AvgIpc) is 2.60. The number of carbonyl (C=O) groups is 1. The van der Waals surface area contributed by atoms with E-state index in [0.29, 0.717) is 21.8 Å². The van der Waals surface area contributed by atoms with E-state index in [2.05, 4.69) is 29.1 Å². The number of H-pyrrole nitrogens is 1. The van der Waals surface area contributed by atoms with Crippen LogP contribution in [0.3, 0.4) is 0 Å². The Hall–Kier alpha value is -1.93. The van der Waals surface area contributed by atoms with Crippen molar-refractivity contribution in [3.05, 3.63) is 46.4 Å². The van der Waals surface area contributed by atoms with Gasteiger partial charge in [0, 0.05) is 17.5 Å². The Morgan fingerprint density at radius 3 is 2.58 bits per heavy atom. The minimum atomic E-state index is -0.409. The normalized spacial score (nSPS) is 12.0. The highest BCUT2D eigenvalue weighted by atomic mass is 32.2. The lowest BCUT2D eigenvalue weighted by molar-refractivity contribution is -0.115. The lowest BCUT2D eigenvalue weighted by Crippen LogP contribution is -2.23. The van der Waals surface area contributed by atoms with E-state index in [-0.39, 0.29) is 11.5 Å². The molecule has 2 N–H and O–H groups in total. The van der Waals surface area contributed by atoms with Crippen molar-refractivity contribution in [2.24, 2.45) is 0 Å². The van der Waals surface area contributed by atoms with E-state index in [1.807, 2.05) is 0 Å². The molecule has 26 heavy (non-hydrogen) atoms. The predicted octanol–water partition coefficient (Wildman–Crippen LogP) is 3.54. The van der Waals surface area contributed by atoms with Gasteiger partial charge < -0.3 is 15.0 Å². The summed E-state index contributed by atoms with van der Waals surface area (Å²) in [6, 6.07) is 8.61. The molecule has 1 atom stereocenters. The Morgan fingerprint density at radius 2 is 1.96 bits per heavy atom. The van der Waals surface area contributed by atoms with Gasteiger partial charge in [0.25, 0.3) is 5.56 Å². The van der Waals surface area contributed by atoms with Crippen LogP contribution in [0.5, 0.6) is 5.75 Å². The van der Waals surface area contributed by atoms with Gasteiger partial charge in [-0.25, -0.2) is 4.98 Å². The summed E-state index contributed by atoms with van der Waals surface area (Å²) in [5, 5.41) is 3.35. The third kappa shape index (κ3) is 6.42. The Labute approximate surface area is 161 Å². The highest BCUT2D eigenvalue weighted by Crippen LogP contribution is 2.22. The molecule has 0 fully saturated rings. The fourth-order valence-corrected chi connectivity index (χ4v) is 3.49. The van der Waals surface area contributed by atoms with Gasteiger partial charge in [0.15, 0.2) is 5.16 Å². The van der Waals surface area contributed by atoms with Crippen molar-refractivity contribution in [3.8, 4) is 5.75 Å². The highest BCUT2D eigenvalue weighted by molar-refractivity contribution is 8.00. The van der Waals surface area contributed by atoms with Crippen molar-refractivity contribution in [1.82, 2.24) is 9.97 Å². The van der Waals surface area contributed by atoms with Gasteiger partial charge in [0.2, 0.25) is 5.91 Å². The fraction of sp³-hybridized carbons (Fsp3) is 0.389. The van der Waals surface area contributed by atoms with E-state index < -0.39 is 5.25 Å². The average molecular weight is 394 g/mol. The smallest absolute Gasteiger partial charge is 0.251 e. The maximum Gasteiger partial charge on any atom is 0.251 e. The molecule has 0 aliphatic rings. The minimum absolute atomic E-state index is 0.162. The number of ether oxygens (including phenoxy) is 1. The van der Waals surface area contributed by atoms with Crippen molar-refractivity contribution in [3.63, 3.8) is 0 Å². The molecule has 0 spiro atoms. The second-order valence-electron chi connectivity index (χ2n) is 5.88. The first-order valence-electron chi connectivity index (χ1n) is 8.21. The first kappa shape index (κ1) is 20.4. The van der Waals surface area contributed by atoms with E-state index in [0.717, 1.165) is 11.4 Å². The second kappa shape index (κ2) is 9.68. The van der Waals surface area contributed by atoms with E-state index in [4.69, 9.17) is 4.74 Å². The zero-order valence-corrected chi connectivity index (χ0v) is 16.9. The molecule has 1 amide bonds. The summed E-state index contributed by atoms with van der Waals surface area (Å²) in [5.74, 6) is 1.23. The van der Waals surface area contributed by atoms with Gasteiger partial charge in [0.05, 0.1) is 18.1 Å². The van der Waals surface area contributed by atoms with Crippen LogP contribution in [0.15, 0.2) is 40.3 Å². The summed E-state index contributed by atoms with van der Waals surface area (Å²) in [7, 11) is 1.59. The van der Waals surface area contributed by atoms with E-state index in [1.165, 1.54) is 17.8 Å². The number of benzene rings is 1. The molecule has 2 aromatic rings. The first-order valence-corrected chi connectivity index (χ1v) is 10.1. The Bertz CT molecular complexity index is 791. The van der Waals surface area contributed by atoms with Crippen LogP contribution in [0.1, 0.15) is 26.5 Å². The highest BCUT2D eigenvalue weighted by Gasteiger charge is 2.16. The molecule has 0 aliphatic heterocycles. The van der Waals surface area contributed by atoms with E-state index in [1.54, 1.807) is 50.1 Å². The summed E-state index contributed by atoms with van der Waals surface area (Å²) in [6.45, 7) is 5.97. The fourth-order valence-electron chi connectivity index (χ4n) is 2.00. The Balaban J connectivity index is 2.00. The van der Waals surface area contributed by atoms with Gasteiger partial charge in [0.1, 0.15) is 5.75 Å². The van der Waals surface area contributed by atoms with Crippen LogP contribution in [0.2, 0.25) is 0 Å². The molecule has 0 bridgehead atoms. The van der Waals surface area contributed by atoms with Crippen LogP contribution >= 0.6 is 23.5 Å². The number of carbonyl (C=O) groups excluding carboxylic acids is 1. The van der Waals surface area contributed by atoms with Crippen molar-refractivity contribution >= 4 is 35.1 Å². The quantitative estimate of drug-likeness (QED) is 0.527. The molecule has 0 aliphatic carbocycles. The van der Waals surface area contributed by atoms with Gasteiger partial charge in [-0.3, -0.25) is 9.59 Å². The van der Waals surface area contributed by atoms with Gasteiger partial charge in [-0.05, 0) is 36.4 Å². The molecule has 0 saturated carbocycles. The molecular formula is C18H23N3O3S2. The molecule has 0 saturated heterocycles. The lowest BCUT2D eigenvalue weighted by Gasteiger charge is -2.12. The molecule has 6 nitrogen and oxygen atoms in total. The molecule has 8 heteroatoms. The second-order valence-corrected chi connectivity index (χ2v) is 8.77. The van der Waals surface area contributed by atoms with E-state index >= 15 is 0 Å². The maximum atomic E-state index is 12.4. The summed E-state index contributed by atoms with van der Waals surface area (Å²) in [4.78, 5) is 31.3. The van der Waals surface area contributed by atoms with Crippen LogP contribution in [-0.4, -0.2) is 33.5 Å². The van der Waals surface area contributed by atoms with Crippen molar-refractivity contribution < 1.29 is 9.53 Å². The predicted molar refractivity (Wildman–Crippen MR) is 108 cm³/mol. The summed E-state index contributed by atoms with van der Waals surface area (Å²) in [6.07, 6.45) is 0. The van der Waals surface area contributed by atoms with Crippen molar-refractivity contribution in [1.29, 1.82) is 0 Å². The third-order valence-electron chi connectivity index (χ3n) is 3.35. The maximum absolute atomic E-state index is 12.4. The van der Waals surface area contributed by atoms with Crippen LogP contribution < -0.4 is 15.6 Å². The Kier molecular flexibility index (Phi) is 7.59. The van der Waals surface area contributed by atoms with Crippen molar-refractivity contribution in [2.75, 3.05) is 12.4 Å². The minimum Gasteiger partial charge on any atom is -0.497 e. The number of anilines is 1. The molecular weight excluding hydrogens is 370 g/mol. The molecule has 2 rings (SSSR count). The van der Waals surface area contributed by atoms with Crippen LogP contribution in [0.4, 0.5) is 5.69 Å². The number of methoxy groups -OCH3 is 1. The monoisotopic (exact) mass is 393 g/mol. The number of nitrogens with zero attached hydrogens (tertiary/aromatic N) is 1. The van der Waals surface area contributed by atoms with Crippen LogP contribution in [0.25, 0.3) is 0 Å². The molecule has 140 valence electrons. The standard InChI is InChI=1S/C18H23N3O3S2/c1-11(2)25-10-14-9-16(22)21-18(20-14)26-12(3)17(23)19-13-5-7-15(24-4)8-6-13/h5-9,11-12H,10H2,1-4H3,(H,19,23)(H,20,21,22). The van der Waals surface area contributed by atoms with Crippen LogP contribution in [-0.2, 0) is 10.5 Å². The zero-order chi connectivity index (χ0) is 19.1. The molecule has 0 radical (unpaired) electrons. The molecule has 1 unspecified atom stereocenters. The van der Waals surface area contributed by atoms with Gasteiger partial charge in [-0.15, -0.1) is 0 Å². The molecule has 1 aromatic heterocycles. The number of hydrogen-bond donors (Lipinski definition) is 2. The van der Waals surface area contributed by atoms with E-state index in [9.17, 15) is 9.59 Å².